The molecule has 7 nitrogen and oxygen atoms in total. The third-order valence-electron chi connectivity index (χ3n) is 6.51. The van der Waals surface area contributed by atoms with Gasteiger partial charge in [-0.15, -0.1) is 0 Å². The molecule has 1 heterocycles. The molecular weight excluding hydrogens is 462 g/mol. The van der Waals surface area contributed by atoms with Crippen molar-refractivity contribution in [2.75, 3.05) is 6.54 Å². The number of likely N-dealkylation sites (tertiary alicyclic amines) is 1. The van der Waals surface area contributed by atoms with Crippen molar-refractivity contribution < 1.29 is 18.0 Å². The number of nitrogens with one attached hydrogen (secondary N) is 1. The second-order valence-electron chi connectivity index (χ2n) is 8.72. The zero-order chi connectivity index (χ0) is 25.1. The predicted octanol–water partition coefficient (Wildman–Crippen LogP) is 3.58. The summed E-state index contributed by atoms with van der Waals surface area (Å²) in [6.45, 7) is 1.95. The summed E-state index contributed by atoms with van der Waals surface area (Å²) in [4.78, 5) is 27.8. The van der Waals surface area contributed by atoms with Gasteiger partial charge in [-0.3, -0.25) is 9.59 Å². The number of hydrogen-bond acceptors (Lipinski definition) is 5. The molecule has 0 spiro atoms. The van der Waals surface area contributed by atoms with Crippen molar-refractivity contribution >= 4 is 21.8 Å². The molecular formula is C27H25N3O4S. The quantitative estimate of drug-likeness (QED) is 0.548. The average Bonchev–Trinajstić information content (AvgIpc) is 2.87. The van der Waals surface area contributed by atoms with Crippen LogP contribution in [0.5, 0.6) is 0 Å². The highest BCUT2D eigenvalue weighted by Gasteiger charge is 2.50. The molecule has 3 aromatic rings. The lowest BCUT2D eigenvalue weighted by Crippen LogP contribution is -2.67. The summed E-state index contributed by atoms with van der Waals surface area (Å²) in [6.07, 6.45) is 0.508. The number of sulfonamides is 1. The summed E-state index contributed by atoms with van der Waals surface area (Å²) >= 11 is 0. The molecule has 0 aliphatic carbocycles. The lowest BCUT2D eigenvalue weighted by Gasteiger charge is -2.49. The van der Waals surface area contributed by atoms with Gasteiger partial charge in [0.25, 0.3) is 15.9 Å². The molecule has 8 heteroatoms. The number of rotatable bonds is 7. The van der Waals surface area contributed by atoms with E-state index < -0.39 is 21.5 Å². The molecule has 178 valence electrons. The van der Waals surface area contributed by atoms with Gasteiger partial charge in [-0.25, -0.2) is 13.1 Å². The molecule has 3 aromatic carbocycles. The maximum Gasteiger partial charge on any atom is 0.264 e. The van der Waals surface area contributed by atoms with Gasteiger partial charge in [0.2, 0.25) is 5.91 Å². The van der Waals surface area contributed by atoms with Crippen LogP contribution in [0.1, 0.15) is 42.4 Å². The molecule has 1 N–H and O–H groups in total. The van der Waals surface area contributed by atoms with Gasteiger partial charge in [-0.2, -0.15) is 5.26 Å². The monoisotopic (exact) mass is 487 g/mol. The first kappa shape index (κ1) is 24.2. The lowest BCUT2D eigenvalue weighted by atomic mass is 9.83. The van der Waals surface area contributed by atoms with E-state index in [1.54, 1.807) is 6.92 Å². The van der Waals surface area contributed by atoms with E-state index in [-0.39, 0.29) is 23.1 Å². The predicted molar refractivity (Wildman–Crippen MR) is 131 cm³/mol. The van der Waals surface area contributed by atoms with E-state index in [4.69, 9.17) is 5.26 Å². The number of benzene rings is 3. The van der Waals surface area contributed by atoms with Crippen LogP contribution in [0.2, 0.25) is 0 Å². The van der Waals surface area contributed by atoms with E-state index in [0.717, 1.165) is 11.1 Å². The molecule has 1 fully saturated rings. The Bertz CT molecular complexity index is 1330. The molecule has 1 aliphatic heterocycles. The summed E-state index contributed by atoms with van der Waals surface area (Å²) in [5.74, 6) is -1.17. The van der Waals surface area contributed by atoms with Crippen molar-refractivity contribution in [3.8, 4) is 6.07 Å². The molecule has 35 heavy (non-hydrogen) atoms. The van der Waals surface area contributed by atoms with Crippen molar-refractivity contribution in [1.29, 1.82) is 5.26 Å². The second-order valence-corrected chi connectivity index (χ2v) is 10.4. The topological polar surface area (TPSA) is 107 Å². The van der Waals surface area contributed by atoms with Gasteiger partial charge in [0.1, 0.15) is 5.54 Å². The lowest BCUT2D eigenvalue weighted by molar-refractivity contribution is -0.156. The minimum absolute atomic E-state index is 0.126. The zero-order valence-corrected chi connectivity index (χ0v) is 20.0. The van der Waals surface area contributed by atoms with E-state index in [1.165, 1.54) is 29.2 Å². The van der Waals surface area contributed by atoms with Gasteiger partial charge >= 0.3 is 0 Å². The Morgan fingerprint density at radius 3 is 1.97 bits per heavy atom. The Balaban J connectivity index is 1.51. The maximum absolute atomic E-state index is 13.4. The first-order valence-electron chi connectivity index (χ1n) is 11.2. The van der Waals surface area contributed by atoms with E-state index in [0.29, 0.717) is 18.5 Å². The number of carbonyl (C=O) groups is 2. The van der Waals surface area contributed by atoms with Crippen molar-refractivity contribution in [1.82, 2.24) is 9.62 Å². The SMILES string of the molecule is CC1(C(=O)NS(=O)(=O)c2ccc(C#N)cc2)CCN1C(=O)CC(c1ccccc1)c1ccccc1. The van der Waals surface area contributed by atoms with Gasteiger partial charge in [-0.05, 0) is 48.7 Å². The molecule has 4 rings (SSSR count). The Morgan fingerprint density at radius 2 is 1.51 bits per heavy atom. The van der Waals surface area contributed by atoms with Crippen molar-refractivity contribution in [2.45, 2.75) is 36.1 Å². The normalized spacial score (nSPS) is 17.3. The van der Waals surface area contributed by atoms with Crippen molar-refractivity contribution in [3.05, 3.63) is 102 Å². The van der Waals surface area contributed by atoms with E-state index in [2.05, 4.69) is 4.72 Å². The van der Waals surface area contributed by atoms with Crippen LogP contribution in [0.25, 0.3) is 0 Å². The molecule has 1 atom stereocenters. The Morgan fingerprint density at radius 1 is 0.971 bits per heavy atom. The first-order valence-corrected chi connectivity index (χ1v) is 12.7. The zero-order valence-electron chi connectivity index (χ0n) is 19.2. The number of nitrogens with zero attached hydrogens (tertiary/aromatic N) is 2. The van der Waals surface area contributed by atoms with Crippen LogP contribution in [-0.4, -0.2) is 37.2 Å². The van der Waals surface area contributed by atoms with Crippen molar-refractivity contribution in [3.63, 3.8) is 0 Å². The maximum atomic E-state index is 13.4. The van der Waals surface area contributed by atoms with Gasteiger partial charge in [0.05, 0.1) is 16.5 Å². The third-order valence-corrected chi connectivity index (χ3v) is 7.86. The third kappa shape index (κ3) is 4.96. The molecule has 0 aromatic heterocycles. The number of nitriles is 1. The van der Waals surface area contributed by atoms with Crippen LogP contribution in [0.4, 0.5) is 0 Å². The molecule has 0 radical (unpaired) electrons. The molecule has 2 amide bonds. The van der Waals surface area contributed by atoms with Gasteiger partial charge in [0, 0.05) is 18.9 Å². The van der Waals surface area contributed by atoms with Gasteiger partial charge < -0.3 is 4.90 Å². The second kappa shape index (κ2) is 9.72. The fourth-order valence-electron chi connectivity index (χ4n) is 4.28. The highest BCUT2D eigenvalue weighted by molar-refractivity contribution is 7.90. The smallest absolute Gasteiger partial charge is 0.264 e. The summed E-state index contributed by atoms with van der Waals surface area (Å²) < 4.78 is 27.6. The Kier molecular flexibility index (Phi) is 6.72. The largest absolute Gasteiger partial charge is 0.328 e. The fraction of sp³-hybridized carbons (Fsp3) is 0.222. The van der Waals surface area contributed by atoms with E-state index in [9.17, 15) is 18.0 Å². The van der Waals surface area contributed by atoms with Gasteiger partial charge in [0.15, 0.2) is 0 Å². The minimum atomic E-state index is -4.15. The first-order chi connectivity index (χ1) is 16.7. The minimum Gasteiger partial charge on any atom is -0.328 e. The van der Waals surface area contributed by atoms with Crippen LogP contribution in [0.15, 0.2) is 89.8 Å². The molecule has 0 bridgehead atoms. The van der Waals surface area contributed by atoms with Crippen LogP contribution < -0.4 is 4.72 Å². The standard InChI is InChI=1S/C27H25N3O4S/c1-27(26(32)29-35(33,34)23-14-12-20(19-28)13-15-23)16-17-30(27)25(31)18-24(21-8-4-2-5-9-21)22-10-6-3-7-11-22/h2-15,24H,16-18H2,1H3,(H,29,32). The van der Waals surface area contributed by atoms with E-state index in [1.807, 2.05) is 66.7 Å². The summed E-state index contributed by atoms with van der Waals surface area (Å²) in [7, 11) is -4.15. The van der Waals surface area contributed by atoms with Crippen LogP contribution in [0, 0.1) is 11.3 Å². The Labute approximate surface area is 205 Å². The Hall–Kier alpha value is -3.96. The number of amides is 2. The van der Waals surface area contributed by atoms with Crippen molar-refractivity contribution in [2.24, 2.45) is 0 Å². The molecule has 1 unspecified atom stereocenters. The van der Waals surface area contributed by atoms with Gasteiger partial charge in [-0.1, -0.05) is 60.7 Å². The van der Waals surface area contributed by atoms with Crippen LogP contribution >= 0.6 is 0 Å². The van der Waals surface area contributed by atoms with E-state index >= 15 is 0 Å². The fourth-order valence-corrected chi connectivity index (χ4v) is 5.35. The number of hydrogen-bond donors (Lipinski definition) is 1. The summed E-state index contributed by atoms with van der Waals surface area (Å²) in [6, 6.07) is 26.6. The molecule has 0 saturated carbocycles. The highest BCUT2D eigenvalue weighted by atomic mass is 32.2. The molecule has 1 saturated heterocycles. The average molecular weight is 488 g/mol. The molecule has 1 aliphatic rings. The van der Waals surface area contributed by atoms with Crippen LogP contribution in [-0.2, 0) is 19.6 Å². The summed E-state index contributed by atoms with van der Waals surface area (Å²) in [5, 5.41) is 8.91. The summed E-state index contributed by atoms with van der Waals surface area (Å²) in [5.41, 5.74) is 1.02. The van der Waals surface area contributed by atoms with Crippen LogP contribution in [0.3, 0.4) is 0 Å². The highest BCUT2D eigenvalue weighted by Crippen LogP contribution is 2.35. The number of carbonyl (C=O) groups excluding carboxylic acids is 2.